The molecule has 0 aliphatic heterocycles. The fourth-order valence-electron chi connectivity index (χ4n) is 2.23. The van der Waals surface area contributed by atoms with E-state index < -0.39 is 0 Å². The predicted octanol–water partition coefficient (Wildman–Crippen LogP) is 3.33. The number of rotatable bonds is 2. The van der Waals surface area contributed by atoms with Gasteiger partial charge in [-0.15, -0.1) is 11.3 Å². The van der Waals surface area contributed by atoms with Crippen molar-refractivity contribution in [1.82, 2.24) is 4.98 Å². The molecule has 0 radical (unpaired) electrons. The Morgan fingerprint density at radius 3 is 2.88 bits per heavy atom. The average Bonchev–Trinajstić information content (AvgIpc) is 2.60. The number of hydrogen-bond donors (Lipinski definition) is 1. The van der Waals surface area contributed by atoms with Gasteiger partial charge in [-0.2, -0.15) is 0 Å². The molecule has 1 aromatic carbocycles. The minimum Gasteiger partial charge on any atom is -0.329 e. The normalized spacial score (nSPS) is 18.6. The van der Waals surface area contributed by atoms with Crippen LogP contribution in [0.25, 0.3) is 10.2 Å². The van der Waals surface area contributed by atoms with Gasteiger partial charge < -0.3 is 5.73 Å². The van der Waals surface area contributed by atoms with E-state index in [1.807, 2.05) is 18.2 Å². The van der Waals surface area contributed by atoms with Gasteiger partial charge in [-0.25, -0.2) is 4.98 Å². The molecule has 1 aromatic heterocycles. The Balaban J connectivity index is 2.11. The van der Waals surface area contributed by atoms with Crippen molar-refractivity contribution in [3.05, 3.63) is 28.2 Å². The van der Waals surface area contributed by atoms with E-state index in [1.54, 1.807) is 11.3 Å². The summed E-state index contributed by atoms with van der Waals surface area (Å²) in [5.41, 5.74) is 7.10. The van der Waals surface area contributed by atoms with Gasteiger partial charge in [0.15, 0.2) is 0 Å². The molecule has 1 aliphatic carbocycles. The number of fused-ring (bicyclic) bond motifs is 1. The van der Waals surface area contributed by atoms with Crippen molar-refractivity contribution in [3.63, 3.8) is 0 Å². The molecule has 2 N–H and O–H groups in total. The molecule has 1 fully saturated rings. The largest absolute Gasteiger partial charge is 0.329 e. The maximum atomic E-state index is 5.98. The van der Waals surface area contributed by atoms with E-state index in [2.05, 4.69) is 0 Å². The molecule has 16 heavy (non-hydrogen) atoms. The van der Waals surface area contributed by atoms with Crippen LogP contribution in [0.15, 0.2) is 18.2 Å². The van der Waals surface area contributed by atoms with Gasteiger partial charge in [-0.05, 0) is 31.0 Å². The van der Waals surface area contributed by atoms with Crippen molar-refractivity contribution >= 4 is 33.2 Å². The molecule has 2 aromatic rings. The number of nitrogens with two attached hydrogens (primary N) is 1. The lowest BCUT2D eigenvalue weighted by Gasteiger charge is -2.38. The maximum Gasteiger partial charge on any atom is 0.101 e. The van der Waals surface area contributed by atoms with E-state index in [1.165, 1.54) is 29.0 Å². The number of thiazole rings is 1. The molecule has 1 saturated carbocycles. The third-order valence-electron chi connectivity index (χ3n) is 3.51. The second-order valence-corrected chi connectivity index (χ2v) is 5.94. The summed E-state index contributed by atoms with van der Waals surface area (Å²) in [7, 11) is 0. The molecular formula is C12H13ClN2S. The Bertz CT molecular complexity index is 525. The van der Waals surface area contributed by atoms with Gasteiger partial charge in [0.2, 0.25) is 0 Å². The Morgan fingerprint density at radius 2 is 2.25 bits per heavy atom. The second-order valence-electron chi connectivity index (χ2n) is 4.47. The standard InChI is InChI=1S/C12H13ClN2S/c13-8-2-3-9-10(6-8)16-11(15-9)12(7-14)4-1-5-12/h2-3,6H,1,4-5,7,14H2. The fraction of sp³-hybridized carbons (Fsp3) is 0.417. The van der Waals surface area contributed by atoms with Crippen molar-refractivity contribution in [3.8, 4) is 0 Å². The number of aromatic nitrogens is 1. The fourth-order valence-corrected chi connectivity index (χ4v) is 3.73. The van der Waals surface area contributed by atoms with E-state index in [9.17, 15) is 0 Å². The highest BCUT2D eigenvalue weighted by Crippen LogP contribution is 2.45. The molecule has 0 saturated heterocycles. The van der Waals surface area contributed by atoms with Crippen molar-refractivity contribution in [2.45, 2.75) is 24.7 Å². The lowest BCUT2D eigenvalue weighted by atomic mass is 9.69. The lowest BCUT2D eigenvalue weighted by molar-refractivity contribution is 0.252. The quantitative estimate of drug-likeness (QED) is 0.891. The Hall–Kier alpha value is -0.640. The summed E-state index contributed by atoms with van der Waals surface area (Å²) in [4.78, 5) is 4.70. The predicted molar refractivity (Wildman–Crippen MR) is 69.2 cm³/mol. The molecule has 2 nitrogen and oxygen atoms in total. The van der Waals surface area contributed by atoms with Crippen LogP contribution in [0, 0.1) is 0 Å². The molecular weight excluding hydrogens is 240 g/mol. The monoisotopic (exact) mass is 252 g/mol. The van der Waals surface area contributed by atoms with Gasteiger partial charge in [0.1, 0.15) is 5.01 Å². The van der Waals surface area contributed by atoms with Crippen molar-refractivity contribution in [2.75, 3.05) is 6.54 Å². The Morgan fingerprint density at radius 1 is 1.44 bits per heavy atom. The highest BCUT2D eigenvalue weighted by atomic mass is 35.5. The molecule has 84 valence electrons. The first-order valence-corrected chi connectivity index (χ1v) is 6.70. The third-order valence-corrected chi connectivity index (χ3v) is 5.01. The minimum absolute atomic E-state index is 0.163. The maximum absolute atomic E-state index is 5.98. The highest BCUT2D eigenvalue weighted by molar-refractivity contribution is 7.18. The van der Waals surface area contributed by atoms with Gasteiger partial charge >= 0.3 is 0 Å². The highest BCUT2D eigenvalue weighted by Gasteiger charge is 2.40. The SMILES string of the molecule is NCC1(c2nc3ccc(Cl)cc3s2)CCC1. The molecule has 0 unspecified atom stereocenters. The average molecular weight is 253 g/mol. The van der Waals surface area contributed by atoms with Gasteiger partial charge in [0.25, 0.3) is 0 Å². The van der Waals surface area contributed by atoms with Crippen molar-refractivity contribution in [1.29, 1.82) is 0 Å². The van der Waals surface area contributed by atoms with Crippen LogP contribution >= 0.6 is 22.9 Å². The van der Waals surface area contributed by atoms with Crippen LogP contribution in [-0.4, -0.2) is 11.5 Å². The summed E-state index contributed by atoms with van der Waals surface area (Å²) >= 11 is 7.72. The first-order chi connectivity index (χ1) is 7.73. The van der Waals surface area contributed by atoms with Gasteiger partial charge in [0, 0.05) is 17.0 Å². The summed E-state index contributed by atoms with van der Waals surface area (Å²) in [5.74, 6) is 0. The number of halogens is 1. The summed E-state index contributed by atoms with van der Waals surface area (Å²) < 4.78 is 1.17. The third kappa shape index (κ3) is 1.46. The molecule has 4 heteroatoms. The molecule has 0 bridgehead atoms. The van der Waals surface area contributed by atoms with Crippen LogP contribution in [-0.2, 0) is 5.41 Å². The van der Waals surface area contributed by atoms with Crippen LogP contribution in [0.1, 0.15) is 24.3 Å². The number of nitrogens with zero attached hydrogens (tertiary/aromatic N) is 1. The zero-order valence-electron chi connectivity index (χ0n) is 8.87. The van der Waals surface area contributed by atoms with Crippen LogP contribution in [0.5, 0.6) is 0 Å². The molecule has 0 atom stereocenters. The zero-order chi connectivity index (χ0) is 11.2. The number of hydrogen-bond acceptors (Lipinski definition) is 3. The summed E-state index contributed by atoms with van der Waals surface area (Å²) in [6, 6.07) is 5.87. The lowest BCUT2D eigenvalue weighted by Crippen LogP contribution is -2.41. The first kappa shape index (κ1) is 10.5. The molecule has 0 spiro atoms. The smallest absolute Gasteiger partial charge is 0.101 e. The topological polar surface area (TPSA) is 38.9 Å². The molecule has 1 heterocycles. The summed E-state index contributed by atoms with van der Waals surface area (Å²) in [5, 5.41) is 1.97. The molecule has 1 aliphatic rings. The number of benzene rings is 1. The van der Waals surface area contributed by atoms with E-state index in [-0.39, 0.29) is 5.41 Å². The van der Waals surface area contributed by atoms with E-state index in [0.717, 1.165) is 10.5 Å². The van der Waals surface area contributed by atoms with Crippen molar-refractivity contribution in [2.24, 2.45) is 5.73 Å². The summed E-state index contributed by atoms with van der Waals surface area (Å²) in [6.45, 7) is 0.709. The van der Waals surface area contributed by atoms with Crippen LogP contribution in [0.4, 0.5) is 0 Å². The zero-order valence-corrected chi connectivity index (χ0v) is 10.4. The van der Waals surface area contributed by atoms with E-state index >= 15 is 0 Å². The van der Waals surface area contributed by atoms with Crippen LogP contribution < -0.4 is 5.73 Å². The first-order valence-electron chi connectivity index (χ1n) is 5.50. The van der Waals surface area contributed by atoms with Crippen LogP contribution in [0.3, 0.4) is 0 Å². The van der Waals surface area contributed by atoms with Gasteiger partial charge in [-0.3, -0.25) is 0 Å². The van der Waals surface area contributed by atoms with E-state index in [4.69, 9.17) is 22.3 Å². The second kappa shape index (κ2) is 3.69. The Labute approximate surface area is 103 Å². The molecule has 3 rings (SSSR count). The van der Waals surface area contributed by atoms with Crippen molar-refractivity contribution < 1.29 is 0 Å². The van der Waals surface area contributed by atoms with E-state index in [0.29, 0.717) is 6.54 Å². The minimum atomic E-state index is 0.163. The van der Waals surface area contributed by atoms with Crippen LogP contribution in [0.2, 0.25) is 5.02 Å². The van der Waals surface area contributed by atoms with Gasteiger partial charge in [-0.1, -0.05) is 18.0 Å². The molecule has 0 amide bonds. The summed E-state index contributed by atoms with van der Waals surface area (Å²) in [6.07, 6.45) is 3.63. The Kier molecular flexibility index (Phi) is 2.42. The van der Waals surface area contributed by atoms with Gasteiger partial charge in [0.05, 0.1) is 10.2 Å².